The molecule has 0 amide bonds. The molecule has 1 aromatic carbocycles. The van der Waals surface area contributed by atoms with E-state index in [1.165, 1.54) is 0 Å². The molecular weight excluding hydrogens is 262 g/mol. The molecule has 0 spiro atoms. The van der Waals surface area contributed by atoms with Gasteiger partial charge < -0.3 is 5.21 Å². The number of benzene rings is 1. The summed E-state index contributed by atoms with van der Waals surface area (Å²) in [5.74, 6) is 0. The zero-order valence-corrected chi connectivity index (χ0v) is 11.2. The summed E-state index contributed by atoms with van der Waals surface area (Å²) in [5, 5.41) is 11.8. The fourth-order valence-corrected chi connectivity index (χ4v) is 3.04. The molecule has 0 radical (unpaired) electrons. The van der Waals surface area contributed by atoms with Gasteiger partial charge in [-0.15, -0.1) is 0 Å². The van der Waals surface area contributed by atoms with Crippen molar-refractivity contribution >= 4 is 27.1 Å². The second kappa shape index (κ2) is 5.51. The zero-order chi connectivity index (χ0) is 13.1. The van der Waals surface area contributed by atoms with Crippen LogP contribution < -0.4 is 0 Å². The van der Waals surface area contributed by atoms with Gasteiger partial charge in [0.05, 0.1) is 0 Å². The van der Waals surface area contributed by atoms with E-state index < -0.39 is 15.1 Å². The Labute approximate surface area is 106 Å². The van der Waals surface area contributed by atoms with Crippen LogP contribution in [0.4, 0.5) is 0 Å². The summed E-state index contributed by atoms with van der Waals surface area (Å²) in [4.78, 5) is 0. The van der Waals surface area contributed by atoms with Gasteiger partial charge >= 0.3 is 0 Å². The molecule has 0 saturated heterocycles. The highest BCUT2D eigenvalue weighted by Gasteiger charge is 2.26. The molecule has 1 aromatic rings. The molecule has 0 fully saturated rings. The van der Waals surface area contributed by atoms with Crippen LogP contribution in [-0.2, 0) is 9.84 Å². The van der Waals surface area contributed by atoms with E-state index in [4.69, 9.17) is 16.8 Å². The first kappa shape index (κ1) is 14.0. The maximum Gasteiger partial charge on any atom is 0.156 e. The largest absolute Gasteiger partial charge is 0.411 e. The van der Waals surface area contributed by atoms with Crippen molar-refractivity contribution < 1.29 is 13.6 Å². The molecule has 6 heteroatoms. The predicted molar refractivity (Wildman–Crippen MR) is 68.7 cm³/mol. The Bertz CT molecular complexity index is 525. The van der Waals surface area contributed by atoms with E-state index in [9.17, 15) is 8.42 Å². The highest BCUT2D eigenvalue weighted by molar-refractivity contribution is 7.92. The number of nitrogens with zero attached hydrogens (tertiary/aromatic N) is 1. The fraction of sp³-hybridized carbons (Fsp3) is 0.364. The number of rotatable bonds is 4. The quantitative estimate of drug-likeness (QED) is 0.521. The van der Waals surface area contributed by atoms with Crippen molar-refractivity contribution in [3.05, 3.63) is 34.9 Å². The van der Waals surface area contributed by atoms with Crippen LogP contribution in [0, 0.1) is 0 Å². The molecule has 0 unspecified atom stereocenters. The van der Waals surface area contributed by atoms with E-state index in [-0.39, 0.29) is 5.71 Å². The number of hydrogen-bond donors (Lipinski definition) is 1. The molecular formula is C11H14ClNO3S. The Kier molecular flexibility index (Phi) is 4.54. The van der Waals surface area contributed by atoms with Gasteiger partial charge in [-0.05, 0) is 18.6 Å². The maximum atomic E-state index is 11.6. The minimum atomic E-state index is -3.32. The molecule has 0 aliphatic rings. The molecule has 4 nitrogen and oxygen atoms in total. The van der Waals surface area contributed by atoms with Crippen LogP contribution in [0.15, 0.2) is 29.4 Å². The number of halogens is 1. The molecule has 94 valence electrons. The first-order valence-electron chi connectivity index (χ1n) is 5.07. The lowest BCUT2D eigenvalue weighted by molar-refractivity contribution is 0.318. The second-order valence-electron chi connectivity index (χ2n) is 3.72. The maximum absolute atomic E-state index is 11.6. The van der Waals surface area contributed by atoms with E-state index in [1.807, 2.05) is 0 Å². The van der Waals surface area contributed by atoms with Crippen molar-refractivity contribution in [2.45, 2.75) is 18.6 Å². The Morgan fingerprint density at radius 3 is 2.59 bits per heavy atom. The number of sulfone groups is 1. The van der Waals surface area contributed by atoms with Crippen LogP contribution in [0.3, 0.4) is 0 Å². The van der Waals surface area contributed by atoms with E-state index in [2.05, 4.69) is 5.16 Å². The third-order valence-corrected chi connectivity index (χ3v) is 4.25. The number of hydrogen-bond acceptors (Lipinski definition) is 4. The molecule has 1 atom stereocenters. The molecule has 0 aliphatic heterocycles. The van der Waals surface area contributed by atoms with Gasteiger partial charge in [0.25, 0.3) is 0 Å². The Balaban J connectivity index is 3.25. The lowest BCUT2D eigenvalue weighted by Gasteiger charge is -2.14. The van der Waals surface area contributed by atoms with Gasteiger partial charge in [-0.2, -0.15) is 0 Å². The van der Waals surface area contributed by atoms with Gasteiger partial charge in [-0.25, -0.2) is 8.42 Å². The average molecular weight is 276 g/mol. The average Bonchev–Trinajstić information content (AvgIpc) is 2.23. The first-order chi connectivity index (χ1) is 7.90. The van der Waals surface area contributed by atoms with Crippen molar-refractivity contribution in [1.29, 1.82) is 0 Å². The van der Waals surface area contributed by atoms with Crippen LogP contribution in [0.2, 0.25) is 5.02 Å². The highest BCUT2D eigenvalue weighted by atomic mass is 35.5. The van der Waals surface area contributed by atoms with Gasteiger partial charge in [-0.1, -0.05) is 35.8 Å². The molecule has 0 aliphatic carbocycles. The van der Waals surface area contributed by atoms with Crippen LogP contribution in [0.25, 0.3) is 0 Å². The monoisotopic (exact) mass is 275 g/mol. The van der Waals surface area contributed by atoms with Gasteiger partial charge in [0.2, 0.25) is 0 Å². The minimum absolute atomic E-state index is 0.123. The second-order valence-corrected chi connectivity index (χ2v) is 6.39. The Morgan fingerprint density at radius 2 is 2.18 bits per heavy atom. The zero-order valence-electron chi connectivity index (χ0n) is 9.59. The Hall–Kier alpha value is -1.07. The topological polar surface area (TPSA) is 66.7 Å². The third kappa shape index (κ3) is 3.44. The lowest BCUT2D eigenvalue weighted by Crippen LogP contribution is -2.29. The third-order valence-electron chi connectivity index (χ3n) is 2.42. The smallest absolute Gasteiger partial charge is 0.156 e. The lowest BCUT2D eigenvalue weighted by atomic mass is 10.1. The molecule has 1 rings (SSSR count). The van der Waals surface area contributed by atoms with Crippen LogP contribution >= 0.6 is 11.6 Å². The van der Waals surface area contributed by atoms with Crippen LogP contribution in [0.1, 0.15) is 18.9 Å². The number of oxime groups is 1. The predicted octanol–water partition coefficient (Wildman–Crippen LogP) is 2.34. The summed E-state index contributed by atoms with van der Waals surface area (Å²) >= 11 is 5.82. The van der Waals surface area contributed by atoms with Gasteiger partial charge in [0.1, 0.15) is 11.0 Å². The van der Waals surface area contributed by atoms with Crippen molar-refractivity contribution in [3.63, 3.8) is 0 Å². The highest BCUT2D eigenvalue weighted by Crippen LogP contribution is 2.17. The van der Waals surface area contributed by atoms with Crippen molar-refractivity contribution in [2.75, 3.05) is 6.26 Å². The molecule has 1 N–H and O–H groups in total. The van der Waals surface area contributed by atoms with E-state index >= 15 is 0 Å². The van der Waals surface area contributed by atoms with Gasteiger partial charge in [0, 0.05) is 16.8 Å². The summed E-state index contributed by atoms with van der Waals surface area (Å²) in [6.07, 6.45) is 1.46. The van der Waals surface area contributed by atoms with E-state index in [0.717, 1.165) is 6.26 Å². The van der Waals surface area contributed by atoms with E-state index in [0.29, 0.717) is 17.0 Å². The van der Waals surface area contributed by atoms with Gasteiger partial charge in [0.15, 0.2) is 9.84 Å². The normalized spacial score (nSPS) is 14.6. The standard InChI is InChI=1S/C11H14ClNO3S/c1-3-10(17(2,15)16)11(13-14)8-5-4-6-9(12)7-8/h4-7,10,14H,3H2,1-2H3/b13-11-/t10-/m1/s1. The van der Waals surface area contributed by atoms with E-state index in [1.54, 1.807) is 31.2 Å². The summed E-state index contributed by atoms with van der Waals surface area (Å²) < 4.78 is 23.2. The van der Waals surface area contributed by atoms with Gasteiger partial charge in [-0.3, -0.25) is 0 Å². The Morgan fingerprint density at radius 1 is 1.53 bits per heavy atom. The summed E-state index contributed by atoms with van der Waals surface area (Å²) in [6.45, 7) is 1.72. The summed E-state index contributed by atoms with van der Waals surface area (Å²) in [7, 11) is -3.32. The van der Waals surface area contributed by atoms with Crippen LogP contribution in [-0.4, -0.2) is 30.8 Å². The molecule has 0 saturated carbocycles. The molecule has 17 heavy (non-hydrogen) atoms. The summed E-state index contributed by atoms with van der Waals surface area (Å²) in [6, 6.07) is 6.58. The fourth-order valence-electron chi connectivity index (χ4n) is 1.65. The molecule has 0 aromatic heterocycles. The SMILES string of the molecule is CC[C@H](/C(=N\O)c1cccc(Cl)c1)S(C)(=O)=O. The molecule has 0 bridgehead atoms. The summed E-state index contributed by atoms with van der Waals surface area (Å²) in [5.41, 5.74) is 0.634. The van der Waals surface area contributed by atoms with Crippen molar-refractivity contribution in [1.82, 2.24) is 0 Å². The molecule has 0 heterocycles. The van der Waals surface area contributed by atoms with Crippen molar-refractivity contribution in [3.8, 4) is 0 Å². The first-order valence-corrected chi connectivity index (χ1v) is 7.40. The minimum Gasteiger partial charge on any atom is -0.411 e. The van der Waals surface area contributed by atoms with Crippen molar-refractivity contribution in [2.24, 2.45) is 5.16 Å². The van der Waals surface area contributed by atoms with Crippen LogP contribution in [0.5, 0.6) is 0 Å².